The Kier molecular flexibility index (Phi) is 3.81. The van der Waals surface area contributed by atoms with Crippen LogP contribution in [0.3, 0.4) is 0 Å². The molecule has 3 aliphatic heterocycles. The molecule has 2 aliphatic carbocycles. The standard InChI is InChI=1S/C21H37N3/c1-17-11-20(12-17)3-7-23(8-4-20)18-13-21(14-18)5-9-24(10-6-21)19-15-22(2)16-19/h17-19H,3-16H2,1-2H3. The smallest absolute Gasteiger partial charge is 0.0350 e. The van der Waals surface area contributed by atoms with Crippen LogP contribution in [0.15, 0.2) is 0 Å². The Morgan fingerprint density at radius 3 is 1.58 bits per heavy atom. The van der Waals surface area contributed by atoms with Gasteiger partial charge in [-0.1, -0.05) is 6.92 Å². The summed E-state index contributed by atoms with van der Waals surface area (Å²) in [5, 5.41) is 0. The van der Waals surface area contributed by atoms with Crippen LogP contribution in [0.2, 0.25) is 0 Å². The number of nitrogens with zero attached hydrogens (tertiary/aromatic N) is 3. The molecule has 136 valence electrons. The van der Waals surface area contributed by atoms with Crippen molar-refractivity contribution in [3.8, 4) is 0 Å². The SMILES string of the molecule is CC1CC2(CCN(C3CC4(CCN(C5CN(C)C5)CC4)C3)CC2)C1. The zero-order valence-electron chi connectivity index (χ0n) is 16.0. The predicted octanol–water partition coefficient (Wildman–Crippen LogP) is 3.06. The highest BCUT2D eigenvalue weighted by Crippen LogP contribution is 2.55. The molecule has 3 heteroatoms. The number of likely N-dealkylation sites (tertiary alicyclic amines) is 3. The van der Waals surface area contributed by atoms with E-state index in [0.29, 0.717) is 0 Å². The lowest BCUT2D eigenvalue weighted by Crippen LogP contribution is -2.62. The highest BCUT2D eigenvalue weighted by atomic mass is 15.3. The average Bonchev–Trinajstić information content (AvgIpc) is 2.50. The Morgan fingerprint density at radius 2 is 1.12 bits per heavy atom. The number of likely N-dealkylation sites (N-methyl/N-ethyl adjacent to an activating group) is 1. The van der Waals surface area contributed by atoms with Crippen molar-refractivity contribution >= 4 is 0 Å². The summed E-state index contributed by atoms with van der Waals surface area (Å²) in [6, 6.07) is 1.83. The summed E-state index contributed by atoms with van der Waals surface area (Å²) < 4.78 is 0. The van der Waals surface area contributed by atoms with E-state index in [4.69, 9.17) is 0 Å². The summed E-state index contributed by atoms with van der Waals surface area (Å²) in [7, 11) is 2.26. The molecule has 0 aromatic heterocycles. The lowest BCUT2D eigenvalue weighted by Gasteiger charge is -2.59. The second-order valence-electron chi connectivity index (χ2n) is 10.5. The van der Waals surface area contributed by atoms with Crippen molar-refractivity contribution in [3.63, 3.8) is 0 Å². The molecule has 5 rings (SSSR count). The monoisotopic (exact) mass is 331 g/mol. The molecule has 0 bridgehead atoms. The van der Waals surface area contributed by atoms with Gasteiger partial charge in [-0.05, 0) is 101 Å². The lowest BCUT2D eigenvalue weighted by atomic mass is 9.56. The molecule has 0 atom stereocenters. The fourth-order valence-corrected chi connectivity index (χ4v) is 7.06. The van der Waals surface area contributed by atoms with Crippen LogP contribution < -0.4 is 0 Å². The maximum atomic E-state index is 2.88. The molecule has 0 amide bonds. The van der Waals surface area contributed by atoms with Crippen molar-refractivity contribution in [2.24, 2.45) is 16.7 Å². The van der Waals surface area contributed by atoms with Gasteiger partial charge in [0.15, 0.2) is 0 Å². The van der Waals surface area contributed by atoms with Gasteiger partial charge in [0, 0.05) is 25.2 Å². The maximum absolute atomic E-state index is 2.88. The van der Waals surface area contributed by atoms with Crippen molar-refractivity contribution in [1.29, 1.82) is 0 Å². The van der Waals surface area contributed by atoms with E-state index >= 15 is 0 Å². The molecule has 3 heterocycles. The molecule has 5 fully saturated rings. The largest absolute Gasteiger partial charge is 0.303 e. The zero-order valence-corrected chi connectivity index (χ0v) is 16.0. The minimum Gasteiger partial charge on any atom is -0.303 e. The molecule has 2 saturated carbocycles. The van der Waals surface area contributed by atoms with Crippen LogP contribution >= 0.6 is 0 Å². The summed E-state index contributed by atoms with van der Waals surface area (Å²) in [4.78, 5) is 8.13. The highest BCUT2D eigenvalue weighted by Gasteiger charge is 2.51. The second kappa shape index (κ2) is 5.69. The van der Waals surface area contributed by atoms with Crippen molar-refractivity contribution in [2.75, 3.05) is 46.3 Å². The van der Waals surface area contributed by atoms with E-state index in [1.54, 1.807) is 0 Å². The van der Waals surface area contributed by atoms with Gasteiger partial charge in [0.05, 0.1) is 0 Å². The van der Waals surface area contributed by atoms with Gasteiger partial charge in [-0.15, -0.1) is 0 Å². The quantitative estimate of drug-likeness (QED) is 0.770. The second-order valence-corrected chi connectivity index (χ2v) is 10.5. The van der Waals surface area contributed by atoms with Gasteiger partial charge in [0.1, 0.15) is 0 Å². The van der Waals surface area contributed by atoms with E-state index in [9.17, 15) is 0 Å². The van der Waals surface area contributed by atoms with Crippen molar-refractivity contribution in [1.82, 2.24) is 14.7 Å². The van der Waals surface area contributed by atoms with E-state index in [1.807, 2.05) is 0 Å². The van der Waals surface area contributed by atoms with Crippen LogP contribution in [0.1, 0.15) is 58.3 Å². The molecule has 3 saturated heterocycles. The van der Waals surface area contributed by atoms with Gasteiger partial charge in [-0.3, -0.25) is 4.90 Å². The Hall–Kier alpha value is -0.120. The van der Waals surface area contributed by atoms with Gasteiger partial charge < -0.3 is 9.80 Å². The van der Waals surface area contributed by atoms with Crippen molar-refractivity contribution < 1.29 is 0 Å². The van der Waals surface area contributed by atoms with Crippen LogP contribution in [-0.4, -0.2) is 73.1 Å². The molecule has 0 radical (unpaired) electrons. The third-order valence-corrected chi connectivity index (χ3v) is 8.70. The van der Waals surface area contributed by atoms with E-state index in [2.05, 4.69) is 28.7 Å². The van der Waals surface area contributed by atoms with Crippen LogP contribution in [0.25, 0.3) is 0 Å². The topological polar surface area (TPSA) is 9.72 Å². The summed E-state index contributed by atoms with van der Waals surface area (Å²) in [6.07, 6.45) is 12.1. The van der Waals surface area contributed by atoms with Gasteiger partial charge in [-0.2, -0.15) is 0 Å². The first-order valence-corrected chi connectivity index (χ1v) is 10.7. The zero-order chi connectivity index (χ0) is 16.4. The Balaban J connectivity index is 1.07. The first kappa shape index (κ1) is 16.1. The Morgan fingerprint density at radius 1 is 0.667 bits per heavy atom. The molecule has 2 spiro atoms. The highest BCUT2D eigenvalue weighted by molar-refractivity contribution is 5.04. The van der Waals surface area contributed by atoms with Gasteiger partial charge in [0.25, 0.3) is 0 Å². The molecule has 0 unspecified atom stereocenters. The predicted molar refractivity (Wildman–Crippen MR) is 99.2 cm³/mol. The summed E-state index contributed by atoms with van der Waals surface area (Å²) >= 11 is 0. The Bertz CT molecular complexity index is 451. The number of hydrogen-bond donors (Lipinski definition) is 0. The molecular formula is C21H37N3. The fourth-order valence-electron chi connectivity index (χ4n) is 7.06. The molecule has 0 aromatic carbocycles. The number of piperidine rings is 2. The van der Waals surface area contributed by atoms with Gasteiger partial charge in [0.2, 0.25) is 0 Å². The summed E-state index contributed by atoms with van der Waals surface area (Å²) in [5.74, 6) is 1.02. The molecule has 24 heavy (non-hydrogen) atoms. The van der Waals surface area contributed by atoms with E-state index < -0.39 is 0 Å². The molecular weight excluding hydrogens is 294 g/mol. The van der Waals surface area contributed by atoms with E-state index in [1.165, 1.54) is 90.6 Å². The van der Waals surface area contributed by atoms with Crippen LogP contribution in [0.4, 0.5) is 0 Å². The Labute approximate surface area is 148 Å². The summed E-state index contributed by atoms with van der Waals surface area (Å²) in [5.41, 5.74) is 1.54. The lowest BCUT2D eigenvalue weighted by molar-refractivity contribution is -0.0882. The number of rotatable bonds is 2. The van der Waals surface area contributed by atoms with Crippen LogP contribution in [0, 0.1) is 16.7 Å². The molecule has 5 aliphatic rings. The first-order valence-electron chi connectivity index (χ1n) is 10.7. The minimum absolute atomic E-state index is 0.747. The van der Waals surface area contributed by atoms with E-state index in [-0.39, 0.29) is 0 Å². The summed E-state index contributed by atoms with van der Waals surface area (Å²) in [6.45, 7) is 10.6. The maximum Gasteiger partial charge on any atom is 0.0350 e. The molecule has 0 N–H and O–H groups in total. The van der Waals surface area contributed by atoms with E-state index in [0.717, 1.165) is 28.8 Å². The molecule has 0 aromatic rings. The third-order valence-electron chi connectivity index (χ3n) is 8.70. The average molecular weight is 332 g/mol. The van der Waals surface area contributed by atoms with Gasteiger partial charge in [-0.25, -0.2) is 0 Å². The minimum atomic E-state index is 0.747. The molecule has 3 nitrogen and oxygen atoms in total. The third kappa shape index (κ3) is 2.66. The van der Waals surface area contributed by atoms with Gasteiger partial charge >= 0.3 is 0 Å². The van der Waals surface area contributed by atoms with Crippen molar-refractivity contribution in [3.05, 3.63) is 0 Å². The first-order chi connectivity index (χ1) is 11.5. The number of hydrogen-bond acceptors (Lipinski definition) is 3. The van der Waals surface area contributed by atoms with Crippen molar-refractivity contribution in [2.45, 2.75) is 70.4 Å². The fraction of sp³-hybridized carbons (Fsp3) is 1.00. The van der Waals surface area contributed by atoms with Crippen LogP contribution in [-0.2, 0) is 0 Å². The normalized spacial score (nSPS) is 38.0. The van der Waals surface area contributed by atoms with Crippen LogP contribution in [0.5, 0.6) is 0 Å².